The van der Waals surface area contributed by atoms with E-state index in [1.54, 1.807) is 0 Å². The van der Waals surface area contributed by atoms with Gasteiger partial charge in [0.1, 0.15) is 0 Å². The first kappa shape index (κ1) is 8.39. The van der Waals surface area contributed by atoms with Crippen LogP contribution in [0.25, 0.3) is 0 Å². The monoisotopic (exact) mass is 245 g/mol. The molecule has 1 aliphatic heterocycles. The first-order valence-electron chi connectivity index (χ1n) is 4.00. The summed E-state index contributed by atoms with van der Waals surface area (Å²) in [5.74, 6) is 0. The molecule has 0 unspecified atom stereocenters. The lowest BCUT2D eigenvalue weighted by molar-refractivity contribution is 0.827. The van der Waals surface area contributed by atoms with Crippen LogP contribution in [0.4, 0.5) is 5.69 Å². The molecule has 0 bridgehead atoms. The van der Waals surface area contributed by atoms with E-state index in [9.17, 15) is 0 Å². The summed E-state index contributed by atoms with van der Waals surface area (Å²) in [5, 5.41) is 4.14. The predicted octanol–water partition coefficient (Wildman–Crippen LogP) is 3.46. The smallest absolute Gasteiger partial charge is 0.0641 e. The molecule has 3 heteroatoms. The van der Waals surface area contributed by atoms with Crippen LogP contribution in [0.3, 0.4) is 0 Å². The van der Waals surface area contributed by atoms with Gasteiger partial charge in [-0.15, -0.1) is 0 Å². The number of anilines is 1. The molecule has 0 radical (unpaired) electrons. The molecule has 0 spiro atoms. The Morgan fingerprint density at radius 3 is 3.00 bits per heavy atom. The molecule has 1 heterocycles. The van der Waals surface area contributed by atoms with Crippen molar-refractivity contribution in [2.24, 2.45) is 0 Å². The van der Waals surface area contributed by atoms with E-state index in [1.165, 1.54) is 12.0 Å². The predicted molar refractivity (Wildman–Crippen MR) is 56.0 cm³/mol. The third-order valence-electron chi connectivity index (χ3n) is 2.11. The topological polar surface area (TPSA) is 12.0 Å². The average molecular weight is 247 g/mol. The van der Waals surface area contributed by atoms with Crippen LogP contribution in [-0.4, -0.2) is 6.54 Å². The zero-order valence-corrected chi connectivity index (χ0v) is 8.87. The maximum absolute atomic E-state index is 6.03. The Morgan fingerprint density at radius 2 is 2.25 bits per heavy atom. The molecule has 64 valence electrons. The van der Waals surface area contributed by atoms with Crippen LogP contribution in [0.5, 0.6) is 0 Å². The second-order valence-electron chi connectivity index (χ2n) is 2.91. The van der Waals surface area contributed by atoms with E-state index in [1.807, 2.05) is 12.1 Å². The lowest BCUT2D eigenvalue weighted by Crippen LogP contribution is -2.12. The van der Waals surface area contributed by atoms with Crippen LogP contribution in [0.1, 0.15) is 12.0 Å². The zero-order valence-electron chi connectivity index (χ0n) is 6.53. The maximum atomic E-state index is 6.03. The summed E-state index contributed by atoms with van der Waals surface area (Å²) >= 11 is 9.55. The van der Waals surface area contributed by atoms with Gasteiger partial charge in [0.15, 0.2) is 0 Å². The van der Waals surface area contributed by atoms with Crippen LogP contribution in [-0.2, 0) is 6.42 Å². The second kappa shape index (κ2) is 3.27. The third-order valence-corrected chi connectivity index (χ3v) is 3.17. The van der Waals surface area contributed by atoms with Crippen molar-refractivity contribution in [2.45, 2.75) is 12.8 Å². The molecular weight excluding hydrogens is 237 g/mol. The van der Waals surface area contributed by atoms with E-state index >= 15 is 0 Å². The fraction of sp³-hybridized carbons (Fsp3) is 0.333. The summed E-state index contributed by atoms with van der Waals surface area (Å²) in [7, 11) is 0. The van der Waals surface area contributed by atoms with E-state index < -0.39 is 0 Å². The molecule has 2 rings (SSSR count). The molecule has 1 aliphatic rings. The Morgan fingerprint density at radius 1 is 1.42 bits per heavy atom. The summed E-state index contributed by atoms with van der Waals surface area (Å²) in [6.45, 7) is 1.03. The van der Waals surface area contributed by atoms with Crippen molar-refractivity contribution < 1.29 is 0 Å². The van der Waals surface area contributed by atoms with E-state index in [4.69, 9.17) is 11.6 Å². The normalized spacial score (nSPS) is 15.2. The van der Waals surface area contributed by atoms with Crippen LogP contribution in [0.15, 0.2) is 16.6 Å². The van der Waals surface area contributed by atoms with Gasteiger partial charge in [0, 0.05) is 11.0 Å². The first-order chi connectivity index (χ1) is 5.79. The summed E-state index contributed by atoms with van der Waals surface area (Å²) in [5.41, 5.74) is 2.42. The van der Waals surface area contributed by atoms with Gasteiger partial charge in [-0.25, -0.2) is 0 Å². The fourth-order valence-electron chi connectivity index (χ4n) is 1.51. The molecule has 0 saturated carbocycles. The summed E-state index contributed by atoms with van der Waals surface area (Å²) < 4.78 is 1.16. The number of fused-ring (bicyclic) bond motifs is 1. The van der Waals surface area contributed by atoms with Gasteiger partial charge in [-0.05, 0) is 30.5 Å². The molecule has 0 saturated heterocycles. The second-order valence-corrected chi connectivity index (χ2v) is 4.17. The Bertz CT molecular complexity index is 281. The number of rotatable bonds is 0. The molecular formula is C9H9BrClN. The summed E-state index contributed by atoms with van der Waals surface area (Å²) in [6.07, 6.45) is 2.30. The largest absolute Gasteiger partial charge is 0.384 e. The SMILES string of the molecule is Clc1ccc(Br)c2c1NCCC2. The van der Waals surface area contributed by atoms with E-state index in [0.29, 0.717) is 0 Å². The minimum absolute atomic E-state index is 0.827. The van der Waals surface area contributed by atoms with Gasteiger partial charge in [-0.3, -0.25) is 0 Å². The van der Waals surface area contributed by atoms with Gasteiger partial charge in [-0.1, -0.05) is 27.5 Å². The van der Waals surface area contributed by atoms with Gasteiger partial charge in [-0.2, -0.15) is 0 Å². The Labute approximate surface area is 85.2 Å². The minimum atomic E-state index is 0.827. The highest BCUT2D eigenvalue weighted by Crippen LogP contribution is 2.34. The zero-order chi connectivity index (χ0) is 8.55. The maximum Gasteiger partial charge on any atom is 0.0641 e. The van der Waals surface area contributed by atoms with E-state index in [2.05, 4.69) is 21.2 Å². The Kier molecular flexibility index (Phi) is 2.28. The van der Waals surface area contributed by atoms with Crippen molar-refractivity contribution in [3.8, 4) is 0 Å². The van der Waals surface area contributed by atoms with E-state index in [-0.39, 0.29) is 0 Å². The number of nitrogens with one attached hydrogen (secondary N) is 1. The van der Waals surface area contributed by atoms with Gasteiger partial charge in [0.2, 0.25) is 0 Å². The molecule has 1 aromatic carbocycles. The minimum Gasteiger partial charge on any atom is -0.384 e. The number of hydrogen-bond donors (Lipinski definition) is 1. The molecule has 0 atom stereocenters. The van der Waals surface area contributed by atoms with E-state index in [0.717, 1.165) is 28.1 Å². The highest BCUT2D eigenvalue weighted by molar-refractivity contribution is 9.10. The Hall–Kier alpha value is -0.210. The number of hydrogen-bond acceptors (Lipinski definition) is 1. The van der Waals surface area contributed by atoms with Crippen LogP contribution in [0.2, 0.25) is 5.02 Å². The highest BCUT2D eigenvalue weighted by atomic mass is 79.9. The lowest BCUT2D eigenvalue weighted by atomic mass is 10.0. The first-order valence-corrected chi connectivity index (χ1v) is 5.17. The van der Waals surface area contributed by atoms with Crippen LogP contribution >= 0.6 is 27.5 Å². The third kappa shape index (κ3) is 1.34. The highest BCUT2D eigenvalue weighted by Gasteiger charge is 2.13. The van der Waals surface area contributed by atoms with Gasteiger partial charge < -0.3 is 5.32 Å². The lowest BCUT2D eigenvalue weighted by Gasteiger charge is -2.20. The average Bonchev–Trinajstić information content (AvgIpc) is 2.12. The van der Waals surface area contributed by atoms with Crippen LogP contribution in [0, 0.1) is 0 Å². The van der Waals surface area contributed by atoms with Crippen molar-refractivity contribution in [2.75, 3.05) is 11.9 Å². The Balaban J connectivity index is 2.57. The van der Waals surface area contributed by atoms with Crippen molar-refractivity contribution in [1.29, 1.82) is 0 Å². The van der Waals surface area contributed by atoms with Crippen molar-refractivity contribution in [3.05, 3.63) is 27.2 Å². The van der Waals surface area contributed by atoms with Crippen LogP contribution < -0.4 is 5.32 Å². The molecule has 12 heavy (non-hydrogen) atoms. The molecule has 1 N–H and O–H groups in total. The molecule has 1 nitrogen and oxygen atoms in total. The van der Waals surface area contributed by atoms with Gasteiger partial charge >= 0.3 is 0 Å². The van der Waals surface area contributed by atoms with Gasteiger partial charge in [0.25, 0.3) is 0 Å². The van der Waals surface area contributed by atoms with Crippen molar-refractivity contribution in [1.82, 2.24) is 0 Å². The molecule has 0 aliphatic carbocycles. The summed E-state index contributed by atoms with van der Waals surface area (Å²) in [6, 6.07) is 3.93. The number of halogens is 2. The van der Waals surface area contributed by atoms with Crippen molar-refractivity contribution in [3.63, 3.8) is 0 Å². The molecule has 0 aromatic heterocycles. The quantitative estimate of drug-likeness (QED) is 0.739. The fourth-order valence-corrected chi connectivity index (χ4v) is 2.28. The molecule has 0 fully saturated rings. The molecule has 0 amide bonds. The number of benzene rings is 1. The molecule has 1 aromatic rings. The summed E-state index contributed by atoms with van der Waals surface area (Å²) in [4.78, 5) is 0. The van der Waals surface area contributed by atoms with Crippen molar-refractivity contribution >= 4 is 33.2 Å². The van der Waals surface area contributed by atoms with Gasteiger partial charge in [0.05, 0.1) is 10.7 Å². The standard InChI is InChI=1S/C9H9BrClN/c10-7-3-4-8(11)9-6(7)2-1-5-12-9/h3-4,12H,1-2,5H2.